The first-order chi connectivity index (χ1) is 16.9. The third-order valence-electron chi connectivity index (χ3n) is 7.08. The summed E-state index contributed by atoms with van der Waals surface area (Å²) in [5, 5.41) is 10.2. The largest absolute Gasteiger partial charge is 0.343 e. The summed E-state index contributed by atoms with van der Waals surface area (Å²) in [6.07, 6.45) is 7.77. The molecule has 1 aliphatic heterocycles. The number of rotatable bonds is 7. The second-order valence-electron chi connectivity index (χ2n) is 9.70. The lowest BCUT2D eigenvalue weighted by atomic mass is 9.89. The molecule has 0 spiro atoms. The molecule has 2 aromatic rings. The van der Waals surface area contributed by atoms with Gasteiger partial charge >= 0.3 is 0 Å². The summed E-state index contributed by atoms with van der Waals surface area (Å²) in [7, 11) is 0. The lowest BCUT2D eigenvalue weighted by Gasteiger charge is -2.31. The molecular weight excluding hydrogens is 446 g/mol. The fraction of sp³-hybridized carbons (Fsp3) is 0.577. The summed E-state index contributed by atoms with van der Waals surface area (Å²) >= 11 is 0. The minimum Gasteiger partial charge on any atom is -0.343 e. The average Bonchev–Trinajstić information content (AvgIpc) is 3.23. The van der Waals surface area contributed by atoms with Gasteiger partial charge in [-0.3, -0.25) is 14.4 Å². The van der Waals surface area contributed by atoms with Crippen LogP contribution in [0, 0.1) is 5.92 Å². The number of carbonyl (C=O) groups is 3. The molecule has 1 saturated heterocycles. The fourth-order valence-electron chi connectivity index (χ4n) is 5.15. The van der Waals surface area contributed by atoms with Gasteiger partial charge in [0.2, 0.25) is 23.6 Å². The SMILES string of the molecule is CC(=O)NC1(c2noc(CCC(=O)N3CCC(C(=O)Nc4ccccc4)CC3)n2)CCCCCC1. The van der Waals surface area contributed by atoms with Crippen LogP contribution in [0.25, 0.3) is 0 Å². The normalized spacial score (nSPS) is 18.5. The van der Waals surface area contributed by atoms with E-state index in [1.165, 1.54) is 6.92 Å². The lowest BCUT2D eigenvalue weighted by molar-refractivity contribution is -0.134. The molecule has 1 aliphatic carbocycles. The Bertz CT molecular complexity index is 1010. The zero-order chi connectivity index (χ0) is 24.7. The number of para-hydroxylation sites is 1. The summed E-state index contributed by atoms with van der Waals surface area (Å²) in [6.45, 7) is 2.64. The second kappa shape index (κ2) is 11.5. The Morgan fingerprint density at radius 3 is 2.40 bits per heavy atom. The van der Waals surface area contributed by atoms with Crippen molar-refractivity contribution in [3.05, 3.63) is 42.0 Å². The number of aryl methyl sites for hydroxylation is 1. The van der Waals surface area contributed by atoms with Gasteiger partial charge in [-0.15, -0.1) is 0 Å². The predicted octanol–water partition coefficient (Wildman–Crippen LogP) is 3.57. The third-order valence-corrected chi connectivity index (χ3v) is 7.08. The van der Waals surface area contributed by atoms with E-state index in [4.69, 9.17) is 4.52 Å². The minimum atomic E-state index is -0.587. The Morgan fingerprint density at radius 1 is 1.06 bits per heavy atom. The van der Waals surface area contributed by atoms with Crippen molar-refractivity contribution in [2.75, 3.05) is 18.4 Å². The highest BCUT2D eigenvalue weighted by Crippen LogP contribution is 2.34. The summed E-state index contributed by atoms with van der Waals surface area (Å²) in [4.78, 5) is 43.6. The molecule has 188 valence electrons. The Kier molecular flexibility index (Phi) is 8.15. The van der Waals surface area contributed by atoms with E-state index in [2.05, 4.69) is 20.8 Å². The first-order valence-corrected chi connectivity index (χ1v) is 12.7. The minimum absolute atomic E-state index is 0.00769. The number of hydrogen-bond donors (Lipinski definition) is 2. The molecular formula is C26H35N5O4. The number of likely N-dealkylation sites (tertiary alicyclic amines) is 1. The predicted molar refractivity (Wildman–Crippen MR) is 130 cm³/mol. The van der Waals surface area contributed by atoms with E-state index in [9.17, 15) is 14.4 Å². The highest BCUT2D eigenvalue weighted by atomic mass is 16.5. The Morgan fingerprint density at radius 2 is 1.74 bits per heavy atom. The summed E-state index contributed by atoms with van der Waals surface area (Å²) < 4.78 is 5.47. The van der Waals surface area contributed by atoms with Gasteiger partial charge in [0.15, 0.2) is 5.82 Å². The number of hydrogen-bond acceptors (Lipinski definition) is 6. The van der Waals surface area contributed by atoms with Crippen LogP contribution in [0.3, 0.4) is 0 Å². The summed E-state index contributed by atoms with van der Waals surface area (Å²) in [5.41, 5.74) is 0.204. The van der Waals surface area contributed by atoms with Crippen LogP contribution in [0.2, 0.25) is 0 Å². The average molecular weight is 482 g/mol. The zero-order valence-corrected chi connectivity index (χ0v) is 20.4. The Balaban J connectivity index is 1.27. The molecule has 3 amide bonds. The standard InChI is InChI=1S/C26H35N5O4/c1-19(32)29-26(15-7-2-3-8-16-26)25-28-22(35-30-25)11-12-23(33)31-17-13-20(14-18-31)24(34)27-21-9-5-4-6-10-21/h4-6,9-10,20H,2-3,7-8,11-18H2,1H3,(H,27,34)(H,29,32). The van der Waals surface area contributed by atoms with E-state index in [-0.39, 0.29) is 30.1 Å². The zero-order valence-electron chi connectivity index (χ0n) is 20.4. The highest BCUT2D eigenvalue weighted by Gasteiger charge is 2.38. The van der Waals surface area contributed by atoms with E-state index in [1.807, 2.05) is 35.2 Å². The molecule has 2 N–H and O–H groups in total. The van der Waals surface area contributed by atoms with Gasteiger partial charge in [0, 0.05) is 44.5 Å². The molecule has 2 fully saturated rings. The van der Waals surface area contributed by atoms with Crippen LogP contribution in [0.4, 0.5) is 5.69 Å². The van der Waals surface area contributed by atoms with Gasteiger partial charge in [-0.2, -0.15) is 4.98 Å². The summed E-state index contributed by atoms with van der Waals surface area (Å²) in [6, 6.07) is 9.42. The first-order valence-electron chi connectivity index (χ1n) is 12.7. The van der Waals surface area contributed by atoms with E-state index in [1.54, 1.807) is 0 Å². The van der Waals surface area contributed by atoms with Gasteiger partial charge < -0.3 is 20.1 Å². The molecule has 1 saturated carbocycles. The molecule has 9 nitrogen and oxygen atoms in total. The van der Waals surface area contributed by atoms with E-state index < -0.39 is 5.54 Å². The lowest BCUT2D eigenvalue weighted by Crippen LogP contribution is -2.45. The van der Waals surface area contributed by atoms with Crippen molar-refractivity contribution in [2.24, 2.45) is 5.92 Å². The molecule has 4 rings (SSSR count). The summed E-state index contributed by atoms with van der Waals surface area (Å²) in [5.74, 6) is 0.768. The number of nitrogens with one attached hydrogen (secondary N) is 2. The highest BCUT2D eigenvalue weighted by molar-refractivity contribution is 5.92. The van der Waals surface area contributed by atoms with Crippen LogP contribution < -0.4 is 10.6 Å². The monoisotopic (exact) mass is 481 g/mol. The van der Waals surface area contributed by atoms with Crippen molar-refractivity contribution < 1.29 is 18.9 Å². The molecule has 9 heteroatoms. The van der Waals surface area contributed by atoms with Crippen molar-refractivity contribution in [3.63, 3.8) is 0 Å². The number of benzene rings is 1. The van der Waals surface area contributed by atoms with Gasteiger partial charge in [0.25, 0.3) is 0 Å². The smallest absolute Gasteiger partial charge is 0.227 e. The van der Waals surface area contributed by atoms with Gasteiger partial charge in [0.05, 0.1) is 0 Å². The quantitative estimate of drug-likeness (QED) is 0.584. The van der Waals surface area contributed by atoms with Gasteiger partial charge in [0.1, 0.15) is 5.54 Å². The van der Waals surface area contributed by atoms with Gasteiger partial charge in [-0.25, -0.2) is 0 Å². The van der Waals surface area contributed by atoms with Crippen molar-refractivity contribution in [2.45, 2.75) is 76.7 Å². The number of carbonyl (C=O) groups excluding carboxylic acids is 3. The molecule has 0 atom stereocenters. The van der Waals surface area contributed by atoms with Crippen molar-refractivity contribution in [3.8, 4) is 0 Å². The molecule has 0 bridgehead atoms. The molecule has 1 aromatic carbocycles. The van der Waals surface area contributed by atoms with Gasteiger partial charge in [-0.05, 0) is 37.8 Å². The molecule has 0 unspecified atom stereocenters. The number of anilines is 1. The molecule has 2 aliphatic rings. The molecule has 1 aromatic heterocycles. The van der Waals surface area contributed by atoms with Crippen molar-refractivity contribution in [1.29, 1.82) is 0 Å². The maximum atomic E-state index is 12.8. The van der Waals surface area contributed by atoms with Crippen LogP contribution in [-0.4, -0.2) is 45.9 Å². The van der Waals surface area contributed by atoms with E-state index in [0.717, 1.165) is 44.2 Å². The molecule has 2 heterocycles. The van der Waals surface area contributed by atoms with E-state index in [0.29, 0.717) is 44.1 Å². The maximum absolute atomic E-state index is 12.8. The fourth-order valence-corrected chi connectivity index (χ4v) is 5.15. The number of nitrogens with zero attached hydrogens (tertiary/aromatic N) is 3. The maximum Gasteiger partial charge on any atom is 0.227 e. The van der Waals surface area contributed by atoms with Crippen LogP contribution in [0.1, 0.15) is 76.4 Å². The Hall–Kier alpha value is -3.23. The second-order valence-corrected chi connectivity index (χ2v) is 9.70. The Labute approximate surface area is 206 Å². The number of aromatic nitrogens is 2. The third kappa shape index (κ3) is 6.46. The molecule has 0 radical (unpaired) electrons. The topological polar surface area (TPSA) is 117 Å². The molecule has 35 heavy (non-hydrogen) atoms. The van der Waals surface area contributed by atoms with Crippen LogP contribution in [-0.2, 0) is 26.3 Å². The first kappa shape index (κ1) is 24.9. The number of amides is 3. The number of piperidine rings is 1. The van der Waals surface area contributed by atoms with Crippen LogP contribution in [0.5, 0.6) is 0 Å². The van der Waals surface area contributed by atoms with Gasteiger partial charge in [-0.1, -0.05) is 49.0 Å². The van der Waals surface area contributed by atoms with Crippen molar-refractivity contribution in [1.82, 2.24) is 20.4 Å². The van der Waals surface area contributed by atoms with E-state index >= 15 is 0 Å². The van der Waals surface area contributed by atoms with Crippen molar-refractivity contribution >= 4 is 23.4 Å². The van der Waals surface area contributed by atoms with Crippen LogP contribution in [0.15, 0.2) is 34.9 Å². The van der Waals surface area contributed by atoms with Crippen LogP contribution >= 0.6 is 0 Å².